The van der Waals surface area contributed by atoms with Crippen molar-refractivity contribution in [2.45, 2.75) is 6.92 Å². The fraction of sp³-hybridized carbons (Fsp3) is 0.462. The van der Waals surface area contributed by atoms with Gasteiger partial charge in [0.05, 0.1) is 12.6 Å². The van der Waals surface area contributed by atoms with Crippen LogP contribution in [-0.2, 0) is 0 Å². The third kappa shape index (κ3) is 2.91. The Morgan fingerprint density at radius 3 is 2.65 bits per heavy atom. The zero-order valence-corrected chi connectivity index (χ0v) is 10.7. The van der Waals surface area contributed by atoms with E-state index in [9.17, 15) is 0 Å². The van der Waals surface area contributed by atoms with Crippen molar-refractivity contribution >= 4 is 17.3 Å². The fourth-order valence-corrected chi connectivity index (χ4v) is 2.34. The minimum Gasteiger partial charge on any atom is -0.369 e. The molecule has 4 heteroatoms. The molecule has 1 aliphatic rings. The first kappa shape index (κ1) is 12.2. The van der Waals surface area contributed by atoms with Crippen LogP contribution in [0, 0.1) is 18.3 Å². The van der Waals surface area contributed by atoms with Gasteiger partial charge in [-0.15, -0.1) is 0 Å². The van der Waals surface area contributed by atoms with Crippen LogP contribution in [0.4, 0.5) is 5.69 Å². The first-order chi connectivity index (χ1) is 8.20. The van der Waals surface area contributed by atoms with E-state index in [4.69, 9.17) is 16.9 Å². The van der Waals surface area contributed by atoms with Gasteiger partial charge in [0.1, 0.15) is 0 Å². The maximum absolute atomic E-state index is 8.66. The number of anilines is 1. The van der Waals surface area contributed by atoms with Gasteiger partial charge < -0.3 is 4.90 Å². The lowest BCUT2D eigenvalue weighted by atomic mass is 10.1. The standard InChI is InChI=1S/C13H16ClN3/c1-11-2-3-12(14)10-13(11)17-8-6-16(5-4-15)7-9-17/h2-3,10H,5-9H2,1H3. The van der Waals surface area contributed by atoms with E-state index in [-0.39, 0.29) is 0 Å². The summed E-state index contributed by atoms with van der Waals surface area (Å²) in [4.78, 5) is 4.52. The van der Waals surface area contributed by atoms with Crippen LogP contribution in [-0.4, -0.2) is 37.6 Å². The number of hydrogen-bond donors (Lipinski definition) is 0. The van der Waals surface area contributed by atoms with E-state index in [0.717, 1.165) is 31.2 Å². The van der Waals surface area contributed by atoms with Gasteiger partial charge in [-0.1, -0.05) is 17.7 Å². The van der Waals surface area contributed by atoms with Crippen molar-refractivity contribution in [2.75, 3.05) is 37.6 Å². The molecule has 1 fully saturated rings. The monoisotopic (exact) mass is 249 g/mol. The van der Waals surface area contributed by atoms with Crippen LogP contribution in [0.15, 0.2) is 18.2 Å². The predicted molar refractivity (Wildman–Crippen MR) is 70.5 cm³/mol. The van der Waals surface area contributed by atoms with E-state index >= 15 is 0 Å². The van der Waals surface area contributed by atoms with E-state index in [2.05, 4.69) is 28.9 Å². The molecule has 17 heavy (non-hydrogen) atoms. The van der Waals surface area contributed by atoms with Crippen LogP contribution in [0.5, 0.6) is 0 Å². The number of nitriles is 1. The van der Waals surface area contributed by atoms with E-state index in [1.54, 1.807) is 0 Å². The summed E-state index contributed by atoms with van der Waals surface area (Å²) < 4.78 is 0. The number of rotatable bonds is 2. The van der Waals surface area contributed by atoms with Gasteiger partial charge >= 0.3 is 0 Å². The van der Waals surface area contributed by atoms with Gasteiger partial charge in [-0.25, -0.2) is 0 Å². The average molecular weight is 250 g/mol. The molecule has 1 aliphatic heterocycles. The smallest absolute Gasteiger partial charge is 0.0867 e. The summed E-state index contributed by atoms with van der Waals surface area (Å²) in [7, 11) is 0. The molecule has 0 saturated carbocycles. The molecule has 1 aromatic carbocycles. The topological polar surface area (TPSA) is 30.3 Å². The van der Waals surface area contributed by atoms with Crippen LogP contribution in [0.2, 0.25) is 5.02 Å². The van der Waals surface area contributed by atoms with E-state index < -0.39 is 0 Å². The Labute approximate surface area is 107 Å². The van der Waals surface area contributed by atoms with Crippen LogP contribution in [0.3, 0.4) is 0 Å². The van der Waals surface area contributed by atoms with Crippen LogP contribution in [0.1, 0.15) is 5.56 Å². The zero-order chi connectivity index (χ0) is 12.3. The molecular weight excluding hydrogens is 234 g/mol. The summed E-state index contributed by atoms with van der Waals surface area (Å²) in [6.45, 7) is 6.44. The number of piperazine rings is 1. The van der Waals surface area contributed by atoms with Gasteiger partial charge in [-0.3, -0.25) is 4.90 Å². The highest BCUT2D eigenvalue weighted by molar-refractivity contribution is 6.30. The summed E-state index contributed by atoms with van der Waals surface area (Å²) >= 11 is 6.03. The molecule has 0 spiro atoms. The molecular formula is C13H16ClN3. The van der Waals surface area contributed by atoms with Crippen LogP contribution < -0.4 is 4.90 Å². The lowest BCUT2D eigenvalue weighted by Crippen LogP contribution is -2.46. The highest BCUT2D eigenvalue weighted by atomic mass is 35.5. The average Bonchev–Trinajstić information content (AvgIpc) is 2.34. The van der Waals surface area contributed by atoms with E-state index in [0.29, 0.717) is 6.54 Å². The zero-order valence-electron chi connectivity index (χ0n) is 9.99. The Kier molecular flexibility index (Phi) is 3.88. The Balaban J connectivity index is 2.05. The SMILES string of the molecule is Cc1ccc(Cl)cc1N1CCN(CC#N)CC1. The first-order valence-electron chi connectivity index (χ1n) is 5.81. The highest BCUT2D eigenvalue weighted by Crippen LogP contribution is 2.25. The number of halogens is 1. The first-order valence-corrected chi connectivity index (χ1v) is 6.19. The summed E-state index contributed by atoms with van der Waals surface area (Å²) in [6, 6.07) is 8.20. The fourth-order valence-electron chi connectivity index (χ4n) is 2.17. The van der Waals surface area contributed by atoms with Crippen LogP contribution in [0.25, 0.3) is 0 Å². The van der Waals surface area contributed by atoms with Crippen molar-refractivity contribution < 1.29 is 0 Å². The third-order valence-corrected chi connectivity index (χ3v) is 3.41. The lowest BCUT2D eigenvalue weighted by molar-refractivity contribution is 0.287. The minimum atomic E-state index is 0.530. The van der Waals surface area contributed by atoms with Gasteiger partial charge in [0.25, 0.3) is 0 Å². The van der Waals surface area contributed by atoms with Gasteiger partial charge in [0.15, 0.2) is 0 Å². The molecule has 0 amide bonds. The maximum atomic E-state index is 8.66. The number of aryl methyl sites for hydroxylation is 1. The molecule has 0 N–H and O–H groups in total. The molecule has 0 aromatic heterocycles. The summed E-state index contributed by atoms with van der Waals surface area (Å²) in [5, 5.41) is 9.44. The van der Waals surface area contributed by atoms with Gasteiger partial charge in [-0.2, -0.15) is 5.26 Å². The van der Waals surface area contributed by atoms with Crippen molar-refractivity contribution in [2.24, 2.45) is 0 Å². The quantitative estimate of drug-likeness (QED) is 0.754. The summed E-state index contributed by atoms with van der Waals surface area (Å²) in [6.07, 6.45) is 0. The molecule has 3 nitrogen and oxygen atoms in total. The Bertz CT molecular complexity index is 431. The summed E-state index contributed by atoms with van der Waals surface area (Å²) in [5.41, 5.74) is 2.47. The second kappa shape index (κ2) is 5.39. The van der Waals surface area contributed by atoms with Crippen molar-refractivity contribution in [1.29, 1.82) is 5.26 Å². The molecule has 0 radical (unpaired) electrons. The van der Waals surface area contributed by atoms with Crippen molar-refractivity contribution in [3.63, 3.8) is 0 Å². The van der Waals surface area contributed by atoms with E-state index in [1.165, 1.54) is 11.3 Å². The van der Waals surface area contributed by atoms with Crippen molar-refractivity contribution in [1.82, 2.24) is 4.90 Å². The van der Waals surface area contributed by atoms with Crippen molar-refractivity contribution in [3.8, 4) is 6.07 Å². The molecule has 1 aromatic rings. The third-order valence-electron chi connectivity index (χ3n) is 3.18. The molecule has 0 unspecified atom stereocenters. The molecule has 0 atom stereocenters. The van der Waals surface area contributed by atoms with Gasteiger partial charge in [0, 0.05) is 36.9 Å². The molecule has 0 bridgehead atoms. The lowest BCUT2D eigenvalue weighted by Gasteiger charge is -2.35. The second-order valence-electron chi connectivity index (χ2n) is 4.35. The number of nitrogens with zero attached hydrogens (tertiary/aromatic N) is 3. The van der Waals surface area contributed by atoms with Crippen molar-refractivity contribution in [3.05, 3.63) is 28.8 Å². The molecule has 90 valence electrons. The van der Waals surface area contributed by atoms with Gasteiger partial charge in [0.2, 0.25) is 0 Å². The maximum Gasteiger partial charge on any atom is 0.0867 e. The number of benzene rings is 1. The molecule has 1 heterocycles. The molecule has 2 rings (SSSR count). The molecule has 1 saturated heterocycles. The van der Waals surface area contributed by atoms with Crippen LogP contribution >= 0.6 is 11.6 Å². The normalized spacial score (nSPS) is 16.9. The Hall–Kier alpha value is -1.24. The minimum absolute atomic E-state index is 0.530. The number of hydrogen-bond acceptors (Lipinski definition) is 3. The predicted octanol–water partition coefficient (Wildman–Crippen LogP) is 2.29. The summed E-state index contributed by atoms with van der Waals surface area (Å²) in [5.74, 6) is 0. The van der Waals surface area contributed by atoms with Gasteiger partial charge in [-0.05, 0) is 24.6 Å². The Morgan fingerprint density at radius 2 is 2.00 bits per heavy atom. The Morgan fingerprint density at radius 1 is 1.29 bits per heavy atom. The largest absolute Gasteiger partial charge is 0.369 e. The highest BCUT2D eigenvalue weighted by Gasteiger charge is 2.17. The van der Waals surface area contributed by atoms with E-state index in [1.807, 2.05) is 12.1 Å². The molecule has 0 aliphatic carbocycles. The second-order valence-corrected chi connectivity index (χ2v) is 4.79.